The Morgan fingerprint density at radius 3 is 2.59 bits per heavy atom. The van der Waals surface area contributed by atoms with Gasteiger partial charge in [-0.2, -0.15) is 0 Å². The van der Waals surface area contributed by atoms with E-state index in [4.69, 9.17) is 4.74 Å². The van der Waals surface area contributed by atoms with Gasteiger partial charge in [-0.25, -0.2) is 4.39 Å². The van der Waals surface area contributed by atoms with Crippen LogP contribution in [0.15, 0.2) is 24.3 Å². The highest BCUT2D eigenvalue weighted by Crippen LogP contribution is 2.07. The van der Waals surface area contributed by atoms with E-state index in [1.165, 1.54) is 12.1 Å². The number of hydrogen-bond acceptors (Lipinski definition) is 3. The molecule has 0 radical (unpaired) electrons. The summed E-state index contributed by atoms with van der Waals surface area (Å²) in [5.41, 5.74) is 0.944. The second-order valence-corrected chi connectivity index (χ2v) is 4.22. The fraction of sp³-hybridized carbons (Fsp3) is 0.538. The number of methoxy groups -OCH3 is 1. The predicted molar refractivity (Wildman–Crippen MR) is 68.9 cm³/mol. The standard InChI is InChI=1S/C13H21FN2O/c1-11(10-17-3)16(2)9-8-15-13-6-4-12(14)5-7-13/h4-7,11,15H,8-10H2,1-3H3. The van der Waals surface area contributed by atoms with Crippen LogP contribution < -0.4 is 5.32 Å². The highest BCUT2D eigenvalue weighted by molar-refractivity contribution is 5.42. The molecule has 1 aromatic rings. The fourth-order valence-electron chi connectivity index (χ4n) is 1.53. The average molecular weight is 240 g/mol. The Morgan fingerprint density at radius 1 is 1.35 bits per heavy atom. The number of nitrogens with one attached hydrogen (secondary N) is 1. The molecule has 0 aliphatic rings. The van der Waals surface area contributed by atoms with E-state index in [9.17, 15) is 4.39 Å². The van der Waals surface area contributed by atoms with Gasteiger partial charge in [-0.1, -0.05) is 0 Å². The van der Waals surface area contributed by atoms with Gasteiger partial charge in [-0.15, -0.1) is 0 Å². The smallest absolute Gasteiger partial charge is 0.123 e. The van der Waals surface area contributed by atoms with Crippen LogP contribution in [0.2, 0.25) is 0 Å². The number of benzene rings is 1. The summed E-state index contributed by atoms with van der Waals surface area (Å²) in [5, 5.41) is 3.25. The average Bonchev–Trinajstić information content (AvgIpc) is 2.32. The summed E-state index contributed by atoms with van der Waals surface area (Å²) in [6, 6.07) is 6.80. The van der Waals surface area contributed by atoms with Crippen LogP contribution in [-0.2, 0) is 4.74 Å². The van der Waals surface area contributed by atoms with Gasteiger partial charge < -0.3 is 10.1 Å². The molecule has 1 unspecified atom stereocenters. The summed E-state index contributed by atoms with van der Waals surface area (Å²) in [4.78, 5) is 2.22. The van der Waals surface area contributed by atoms with Crippen LogP contribution in [0.4, 0.5) is 10.1 Å². The zero-order chi connectivity index (χ0) is 12.7. The van der Waals surface area contributed by atoms with Gasteiger partial charge in [0.05, 0.1) is 6.61 Å². The molecule has 1 N–H and O–H groups in total. The lowest BCUT2D eigenvalue weighted by Crippen LogP contribution is -2.36. The first-order valence-electron chi connectivity index (χ1n) is 5.82. The first-order valence-corrected chi connectivity index (χ1v) is 5.82. The SMILES string of the molecule is COCC(C)N(C)CCNc1ccc(F)cc1. The van der Waals surface area contributed by atoms with Crippen molar-refractivity contribution < 1.29 is 9.13 Å². The molecule has 0 saturated heterocycles. The van der Waals surface area contributed by atoms with Gasteiger partial charge >= 0.3 is 0 Å². The molecule has 0 spiro atoms. The summed E-state index contributed by atoms with van der Waals surface area (Å²) in [7, 11) is 3.77. The maximum atomic E-state index is 12.7. The van der Waals surface area contributed by atoms with E-state index in [0.29, 0.717) is 6.04 Å². The highest BCUT2D eigenvalue weighted by Gasteiger charge is 2.07. The molecule has 0 aromatic heterocycles. The first kappa shape index (κ1) is 13.9. The van der Waals surface area contributed by atoms with E-state index in [2.05, 4.69) is 24.2 Å². The maximum Gasteiger partial charge on any atom is 0.123 e. The van der Waals surface area contributed by atoms with Crippen molar-refractivity contribution in [3.8, 4) is 0 Å². The van der Waals surface area contributed by atoms with Crippen LogP contribution in [-0.4, -0.2) is 44.8 Å². The molecule has 0 amide bonds. The molecular weight excluding hydrogens is 219 g/mol. The van der Waals surface area contributed by atoms with Crippen LogP contribution >= 0.6 is 0 Å². The monoisotopic (exact) mass is 240 g/mol. The van der Waals surface area contributed by atoms with Gasteiger partial charge in [-0.3, -0.25) is 4.90 Å². The Labute approximate surface area is 103 Å². The number of nitrogens with zero attached hydrogens (tertiary/aromatic N) is 1. The highest BCUT2D eigenvalue weighted by atomic mass is 19.1. The first-order chi connectivity index (χ1) is 8.13. The minimum atomic E-state index is -0.207. The molecule has 0 fully saturated rings. The summed E-state index contributed by atoms with van der Waals surface area (Å²) >= 11 is 0. The van der Waals surface area contributed by atoms with Crippen molar-refractivity contribution in [2.24, 2.45) is 0 Å². The lowest BCUT2D eigenvalue weighted by Gasteiger charge is -2.24. The van der Waals surface area contributed by atoms with Crippen LogP contribution in [0.1, 0.15) is 6.92 Å². The van der Waals surface area contributed by atoms with Crippen molar-refractivity contribution in [3.63, 3.8) is 0 Å². The van der Waals surface area contributed by atoms with E-state index in [1.54, 1.807) is 19.2 Å². The largest absolute Gasteiger partial charge is 0.384 e. The minimum Gasteiger partial charge on any atom is -0.384 e. The van der Waals surface area contributed by atoms with Gasteiger partial charge in [0.2, 0.25) is 0 Å². The number of rotatable bonds is 7. The molecule has 3 nitrogen and oxygen atoms in total. The molecule has 0 aliphatic heterocycles. The van der Waals surface area contributed by atoms with Crippen molar-refractivity contribution in [1.82, 2.24) is 4.90 Å². The lowest BCUT2D eigenvalue weighted by molar-refractivity contribution is 0.118. The Bertz CT molecular complexity index is 316. The molecule has 0 saturated carbocycles. The van der Waals surface area contributed by atoms with Crippen molar-refractivity contribution in [1.29, 1.82) is 0 Å². The molecule has 1 aromatic carbocycles. The molecule has 0 aliphatic carbocycles. The van der Waals surface area contributed by atoms with Gasteiger partial charge in [0.25, 0.3) is 0 Å². The summed E-state index contributed by atoms with van der Waals surface area (Å²) < 4.78 is 17.8. The van der Waals surface area contributed by atoms with Gasteiger partial charge in [0.1, 0.15) is 5.82 Å². The second-order valence-electron chi connectivity index (χ2n) is 4.22. The Hall–Kier alpha value is -1.13. The van der Waals surface area contributed by atoms with E-state index in [0.717, 1.165) is 25.4 Å². The molecule has 0 heterocycles. The molecule has 0 bridgehead atoms. The molecular formula is C13H21FN2O. The molecule has 17 heavy (non-hydrogen) atoms. The van der Waals surface area contributed by atoms with Crippen LogP contribution in [0, 0.1) is 5.82 Å². The zero-order valence-corrected chi connectivity index (χ0v) is 10.7. The van der Waals surface area contributed by atoms with Crippen LogP contribution in [0.25, 0.3) is 0 Å². The van der Waals surface area contributed by atoms with Crippen molar-refractivity contribution in [2.45, 2.75) is 13.0 Å². The predicted octanol–water partition coefficient (Wildman–Crippen LogP) is 2.20. The third kappa shape index (κ3) is 5.15. The Kier molecular flexibility index (Phi) is 5.94. The molecule has 1 rings (SSSR count). The van der Waals surface area contributed by atoms with Crippen LogP contribution in [0.5, 0.6) is 0 Å². The van der Waals surface area contributed by atoms with Crippen molar-refractivity contribution >= 4 is 5.69 Å². The minimum absolute atomic E-state index is 0.207. The Balaban J connectivity index is 2.25. The van der Waals surface area contributed by atoms with Crippen molar-refractivity contribution in [3.05, 3.63) is 30.1 Å². The number of likely N-dealkylation sites (N-methyl/N-ethyl adjacent to an activating group) is 1. The lowest BCUT2D eigenvalue weighted by atomic mass is 10.3. The number of anilines is 1. The summed E-state index contributed by atoms with van der Waals surface area (Å²) in [6.07, 6.45) is 0. The summed E-state index contributed by atoms with van der Waals surface area (Å²) in [6.45, 7) is 4.60. The summed E-state index contributed by atoms with van der Waals surface area (Å²) in [5.74, 6) is -0.207. The normalized spacial score (nSPS) is 12.8. The zero-order valence-electron chi connectivity index (χ0n) is 10.7. The van der Waals surface area contributed by atoms with Gasteiger partial charge in [0.15, 0.2) is 0 Å². The second kappa shape index (κ2) is 7.25. The van der Waals surface area contributed by atoms with E-state index in [1.807, 2.05) is 0 Å². The maximum absolute atomic E-state index is 12.7. The van der Waals surface area contributed by atoms with Gasteiger partial charge in [0, 0.05) is 31.9 Å². The van der Waals surface area contributed by atoms with Gasteiger partial charge in [-0.05, 0) is 38.2 Å². The van der Waals surface area contributed by atoms with E-state index < -0.39 is 0 Å². The van der Waals surface area contributed by atoms with E-state index >= 15 is 0 Å². The number of hydrogen-bond donors (Lipinski definition) is 1. The number of halogens is 1. The third-order valence-electron chi connectivity index (χ3n) is 2.80. The molecule has 96 valence electrons. The topological polar surface area (TPSA) is 24.5 Å². The Morgan fingerprint density at radius 2 is 2.00 bits per heavy atom. The number of ether oxygens (including phenoxy) is 1. The molecule has 4 heteroatoms. The van der Waals surface area contributed by atoms with Crippen molar-refractivity contribution in [2.75, 3.05) is 39.2 Å². The molecule has 1 atom stereocenters. The van der Waals surface area contributed by atoms with Crippen LogP contribution in [0.3, 0.4) is 0 Å². The quantitative estimate of drug-likeness (QED) is 0.790. The third-order valence-corrected chi connectivity index (χ3v) is 2.80. The van der Waals surface area contributed by atoms with E-state index in [-0.39, 0.29) is 5.82 Å². The fourth-order valence-corrected chi connectivity index (χ4v) is 1.53.